The van der Waals surface area contributed by atoms with Gasteiger partial charge in [0.15, 0.2) is 0 Å². The highest BCUT2D eigenvalue weighted by Gasteiger charge is 2.48. The largest absolute Gasteiger partial charge is 0.378 e. The van der Waals surface area contributed by atoms with Crippen molar-refractivity contribution in [2.45, 2.75) is 6.92 Å². The summed E-state index contributed by atoms with van der Waals surface area (Å²) in [4.78, 5) is 0.829. The summed E-state index contributed by atoms with van der Waals surface area (Å²) in [7, 11) is 0. The molecule has 3 heterocycles. The molecule has 0 saturated carbocycles. The third-order valence-electron chi connectivity index (χ3n) is 4.75. The van der Waals surface area contributed by atoms with Gasteiger partial charge < -0.3 is 14.2 Å². The van der Waals surface area contributed by atoms with Crippen LogP contribution in [0.25, 0.3) is 0 Å². The van der Waals surface area contributed by atoms with Gasteiger partial charge in [0.2, 0.25) is 0 Å². The van der Waals surface area contributed by atoms with E-state index in [1.54, 1.807) is 0 Å². The maximum Gasteiger partial charge on any atom is 0.132 e. The van der Waals surface area contributed by atoms with E-state index in [2.05, 4.69) is 22.0 Å². The zero-order valence-electron chi connectivity index (χ0n) is 13.2. The number of morpholine rings is 3. The van der Waals surface area contributed by atoms with E-state index in [-0.39, 0.29) is 0 Å². The van der Waals surface area contributed by atoms with Gasteiger partial charge in [-0.3, -0.25) is 0 Å². The van der Waals surface area contributed by atoms with Crippen molar-refractivity contribution in [3.63, 3.8) is 0 Å². The van der Waals surface area contributed by atoms with Crippen LogP contribution >= 0.6 is 0 Å². The molecule has 0 aromatic heterocycles. The van der Waals surface area contributed by atoms with Crippen molar-refractivity contribution in [3.8, 4) is 0 Å². The predicted octanol–water partition coefficient (Wildman–Crippen LogP) is -0.435. The first-order valence-electron chi connectivity index (χ1n) is 8.25. The average Bonchev–Trinajstić information content (AvgIpc) is 2.59. The minimum atomic E-state index is 0.828. The maximum absolute atomic E-state index is 5.58. The van der Waals surface area contributed by atoms with Crippen LogP contribution in [0.4, 0.5) is 0 Å². The van der Waals surface area contributed by atoms with Crippen molar-refractivity contribution in [1.82, 2.24) is 15.0 Å². The smallest absolute Gasteiger partial charge is 0.132 e. The Bertz CT molecular complexity index is 268. The molecular weight excluding hydrogens is 272 g/mol. The summed E-state index contributed by atoms with van der Waals surface area (Å²) in [6, 6.07) is 0. The predicted molar refractivity (Wildman–Crippen MR) is 78.0 cm³/mol. The Hall–Kier alpha value is -0.280. The fourth-order valence-electron chi connectivity index (χ4n) is 3.76. The van der Waals surface area contributed by atoms with Crippen LogP contribution in [0, 0.1) is 0 Å². The first kappa shape index (κ1) is 15.6. The van der Waals surface area contributed by atoms with Gasteiger partial charge in [0, 0.05) is 0 Å². The monoisotopic (exact) mass is 301 g/mol. The van der Waals surface area contributed by atoms with E-state index >= 15 is 0 Å². The van der Waals surface area contributed by atoms with Crippen LogP contribution in [0.2, 0.25) is 0 Å². The van der Waals surface area contributed by atoms with Gasteiger partial charge in [-0.05, 0) is 6.92 Å². The summed E-state index contributed by atoms with van der Waals surface area (Å²) in [6.45, 7) is 14.2. The number of hydrogen-bond donors (Lipinski definition) is 0. The van der Waals surface area contributed by atoms with E-state index in [0.717, 1.165) is 90.3 Å². The molecule has 0 radical (unpaired) electrons. The van der Waals surface area contributed by atoms with Crippen LogP contribution in [0.3, 0.4) is 0 Å². The molecule has 7 nitrogen and oxygen atoms in total. The van der Waals surface area contributed by atoms with E-state index in [0.29, 0.717) is 0 Å². The molecule has 0 aliphatic carbocycles. The topological polar surface area (TPSA) is 37.4 Å². The quantitative estimate of drug-likeness (QED) is 0.656. The summed E-state index contributed by atoms with van der Waals surface area (Å²) in [6.07, 6.45) is 0. The van der Waals surface area contributed by atoms with Crippen molar-refractivity contribution in [3.05, 3.63) is 0 Å². The van der Waals surface area contributed by atoms with Gasteiger partial charge in [0.05, 0.1) is 78.9 Å². The van der Waals surface area contributed by atoms with E-state index in [1.165, 1.54) is 0 Å². The Morgan fingerprint density at radius 3 is 1.14 bits per heavy atom. The van der Waals surface area contributed by atoms with Crippen molar-refractivity contribution in [2.75, 3.05) is 85.5 Å². The zero-order valence-corrected chi connectivity index (χ0v) is 13.2. The van der Waals surface area contributed by atoms with E-state index in [9.17, 15) is 0 Å². The summed E-state index contributed by atoms with van der Waals surface area (Å²) in [5.74, 6) is 0. The van der Waals surface area contributed by atoms with Gasteiger partial charge >= 0.3 is 0 Å². The fraction of sp³-hybridized carbons (Fsp3) is 1.00. The van der Waals surface area contributed by atoms with Crippen molar-refractivity contribution >= 4 is 0 Å². The van der Waals surface area contributed by atoms with Gasteiger partial charge in [0.1, 0.15) is 6.54 Å². The van der Waals surface area contributed by atoms with E-state index < -0.39 is 0 Å². The Morgan fingerprint density at radius 2 is 0.905 bits per heavy atom. The molecule has 0 aromatic carbocycles. The summed E-state index contributed by atoms with van der Waals surface area (Å²) in [5, 5.41) is 7.71. The van der Waals surface area contributed by atoms with Crippen LogP contribution in [0.1, 0.15) is 6.92 Å². The van der Waals surface area contributed by atoms with Crippen molar-refractivity contribution in [1.29, 1.82) is 0 Å². The molecule has 0 spiro atoms. The molecule has 3 rings (SSSR count). The molecule has 3 saturated heterocycles. The maximum atomic E-state index is 5.58. The lowest BCUT2D eigenvalue weighted by Crippen LogP contribution is -2.79. The number of quaternary nitrogens is 1. The Kier molecular flexibility index (Phi) is 5.44. The minimum absolute atomic E-state index is 0.828. The molecule has 0 unspecified atom stereocenters. The van der Waals surface area contributed by atoms with Gasteiger partial charge in [-0.15, -0.1) is 15.0 Å². The van der Waals surface area contributed by atoms with Crippen LogP contribution in [0.5, 0.6) is 0 Å². The Labute approximate surface area is 127 Å². The van der Waals surface area contributed by atoms with Gasteiger partial charge in [0.25, 0.3) is 0 Å². The van der Waals surface area contributed by atoms with E-state index in [4.69, 9.17) is 14.2 Å². The highest BCUT2D eigenvalue weighted by atomic mass is 16.5. The van der Waals surface area contributed by atoms with Crippen molar-refractivity contribution in [2.24, 2.45) is 0 Å². The molecule has 21 heavy (non-hydrogen) atoms. The third kappa shape index (κ3) is 3.10. The SMILES string of the molecule is CC[N+](N1CCOCC1)(N1CCOCC1)N1CCOCC1. The molecule has 0 bridgehead atoms. The normalized spacial score (nSPS) is 27.9. The van der Waals surface area contributed by atoms with Crippen LogP contribution < -0.4 is 0 Å². The second kappa shape index (κ2) is 7.32. The molecular formula is C14H29N4O3+. The second-order valence-electron chi connectivity index (χ2n) is 5.71. The average molecular weight is 301 g/mol. The molecule has 0 aromatic rings. The molecule has 7 heteroatoms. The van der Waals surface area contributed by atoms with Gasteiger partial charge in [-0.2, -0.15) is 0 Å². The van der Waals surface area contributed by atoms with E-state index in [1.807, 2.05) is 0 Å². The molecule has 0 amide bonds. The lowest BCUT2D eigenvalue weighted by Gasteiger charge is -2.56. The Morgan fingerprint density at radius 1 is 0.619 bits per heavy atom. The summed E-state index contributed by atoms with van der Waals surface area (Å²) < 4.78 is 16.7. The van der Waals surface area contributed by atoms with Gasteiger partial charge in [-0.1, -0.05) is 4.81 Å². The number of rotatable bonds is 4. The fourth-order valence-corrected chi connectivity index (χ4v) is 3.76. The minimum Gasteiger partial charge on any atom is -0.378 e. The molecule has 3 aliphatic heterocycles. The molecule has 0 N–H and O–H groups in total. The summed E-state index contributed by atoms with van der Waals surface area (Å²) in [5.41, 5.74) is 0. The zero-order chi connectivity index (χ0) is 14.5. The number of hydrogen-bond acceptors (Lipinski definition) is 6. The second-order valence-corrected chi connectivity index (χ2v) is 5.71. The van der Waals surface area contributed by atoms with Crippen LogP contribution in [0.15, 0.2) is 0 Å². The van der Waals surface area contributed by atoms with Gasteiger partial charge in [-0.25, -0.2) is 0 Å². The number of nitrogens with zero attached hydrogens (tertiary/aromatic N) is 4. The third-order valence-corrected chi connectivity index (χ3v) is 4.75. The number of ether oxygens (including phenoxy) is 3. The standard InChI is InChI=1S/C14H29N4O3/c1-2-18(15-3-9-19-10-4-15,16-5-11-20-12-6-16)17-7-13-21-14-8-17/h2-14H2,1H3/q+1. The van der Waals surface area contributed by atoms with Crippen LogP contribution in [-0.2, 0) is 14.2 Å². The first-order chi connectivity index (χ1) is 10.4. The Balaban J connectivity index is 1.85. The first-order valence-corrected chi connectivity index (χ1v) is 8.25. The molecule has 0 atom stereocenters. The molecule has 122 valence electrons. The molecule has 3 fully saturated rings. The lowest BCUT2D eigenvalue weighted by atomic mass is 10.4. The van der Waals surface area contributed by atoms with Crippen LogP contribution in [-0.4, -0.2) is 105 Å². The lowest BCUT2D eigenvalue weighted by molar-refractivity contribution is -1.21. The van der Waals surface area contributed by atoms with Crippen molar-refractivity contribution < 1.29 is 19.0 Å². The highest BCUT2D eigenvalue weighted by molar-refractivity contribution is 4.60. The molecule has 3 aliphatic rings. The highest BCUT2D eigenvalue weighted by Crippen LogP contribution is 2.25. The summed E-state index contributed by atoms with van der Waals surface area (Å²) >= 11 is 0.